The molecule has 2 aromatic carbocycles. The maximum absolute atomic E-state index is 12.7. The van der Waals surface area contributed by atoms with Gasteiger partial charge in [-0.15, -0.1) is 11.3 Å². The van der Waals surface area contributed by atoms with Crippen molar-refractivity contribution in [2.75, 3.05) is 43.5 Å². The number of methoxy groups -OCH3 is 1. The van der Waals surface area contributed by atoms with Gasteiger partial charge < -0.3 is 19.9 Å². The Labute approximate surface area is 191 Å². The van der Waals surface area contributed by atoms with E-state index in [9.17, 15) is 9.59 Å². The van der Waals surface area contributed by atoms with Crippen molar-refractivity contribution in [1.82, 2.24) is 9.88 Å². The van der Waals surface area contributed by atoms with Crippen molar-refractivity contribution in [3.05, 3.63) is 71.2 Å². The van der Waals surface area contributed by atoms with Crippen LogP contribution >= 0.6 is 11.3 Å². The van der Waals surface area contributed by atoms with Gasteiger partial charge in [-0.25, -0.2) is 4.98 Å². The summed E-state index contributed by atoms with van der Waals surface area (Å²) in [7, 11) is 1.66. The fraction of sp³-hybridized carbons (Fsp3) is 0.292. The molecule has 1 aromatic heterocycles. The highest BCUT2D eigenvalue weighted by Crippen LogP contribution is 2.22. The Kier molecular flexibility index (Phi) is 7.01. The number of carbonyl (C=O) groups is 2. The molecule has 0 radical (unpaired) electrons. The molecular weight excluding hydrogens is 424 g/mol. The molecule has 0 atom stereocenters. The number of nitrogens with zero attached hydrogens (tertiary/aromatic N) is 3. The Hall–Kier alpha value is -3.39. The van der Waals surface area contributed by atoms with Gasteiger partial charge >= 0.3 is 0 Å². The second kappa shape index (κ2) is 10.3. The maximum Gasteiger partial charge on any atom is 0.230 e. The fourth-order valence-electron chi connectivity index (χ4n) is 3.68. The summed E-state index contributed by atoms with van der Waals surface area (Å²) in [5.41, 5.74) is 2.74. The summed E-state index contributed by atoms with van der Waals surface area (Å²) in [5, 5.41) is 5.18. The SMILES string of the molecule is COc1cccc(N2CCN(C(=O)Cc3csc(NC(=O)Cc4ccccc4)n3)CC2)c1. The zero-order valence-corrected chi connectivity index (χ0v) is 18.8. The fourth-order valence-corrected chi connectivity index (χ4v) is 4.40. The number of nitrogens with one attached hydrogen (secondary N) is 1. The Morgan fingerprint density at radius 1 is 1.03 bits per heavy atom. The molecule has 1 aliphatic rings. The monoisotopic (exact) mass is 450 g/mol. The molecule has 1 aliphatic heterocycles. The summed E-state index contributed by atoms with van der Waals surface area (Å²) >= 11 is 1.34. The lowest BCUT2D eigenvalue weighted by Crippen LogP contribution is -2.49. The first-order valence-electron chi connectivity index (χ1n) is 10.6. The van der Waals surface area contributed by atoms with Gasteiger partial charge in [0.25, 0.3) is 0 Å². The highest BCUT2D eigenvalue weighted by molar-refractivity contribution is 7.13. The Balaban J connectivity index is 1.26. The van der Waals surface area contributed by atoms with Gasteiger partial charge in [-0.05, 0) is 17.7 Å². The van der Waals surface area contributed by atoms with Gasteiger partial charge in [-0.3, -0.25) is 9.59 Å². The summed E-state index contributed by atoms with van der Waals surface area (Å²) in [6.07, 6.45) is 0.538. The Bertz CT molecular complexity index is 1060. The van der Waals surface area contributed by atoms with E-state index in [-0.39, 0.29) is 18.2 Å². The van der Waals surface area contributed by atoms with E-state index in [1.165, 1.54) is 11.3 Å². The van der Waals surface area contributed by atoms with Crippen LogP contribution in [0.25, 0.3) is 0 Å². The third-order valence-corrected chi connectivity index (χ3v) is 6.20. The van der Waals surface area contributed by atoms with E-state index in [1.807, 2.05) is 58.8 Å². The third-order valence-electron chi connectivity index (χ3n) is 5.39. The number of aromatic nitrogens is 1. The standard InChI is InChI=1S/C24H26N4O3S/c1-31-21-9-5-8-20(16-21)27-10-12-28(13-11-27)23(30)15-19-17-32-24(25-19)26-22(29)14-18-6-3-2-4-7-18/h2-9,16-17H,10-15H2,1H3,(H,25,26,29). The predicted molar refractivity (Wildman–Crippen MR) is 126 cm³/mol. The normalized spacial score (nSPS) is 13.7. The van der Waals surface area contributed by atoms with E-state index in [4.69, 9.17) is 4.74 Å². The van der Waals surface area contributed by atoms with E-state index in [0.717, 1.165) is 30.1 Å². The van der Waals surface area contributed by atoms with Crippen LogP contribution in [0.4, 0.5) is 10.8 Å². The van der Waals surface area contributed by atoms with Gasteiger partial charge in [0, 0.05) is 43.3 Å². The van der Waals surface area contributed by atoms with E-state index in [1.54, 1.807) is 7.11 Å². The van der Waals surface area contributed by atoms with Crippen LogP contribution < -0.4 is 15.0 Å². The highest BCUT2D eigenvalue weighted by atomic mass is 32.1. The van der Waals surface area contributed by atoms with Crippen LogP contribution in [-0.4, -0.2) is 55.0 Å². The Morgan fingerprint density at radius 3 is 2.56 bits per heavy atom. The number of anilines is 2. The molecule has 0 spiro atoms. The molecule has 32 heavy (non-hydrogen) atoms. The van der Waals surface area contributed by atoms with Gasteiger partial charge in [0.1, 0.15) is 5.75 Å². The van der Waals surface area contributed by atoms with Gasteiger partial charge in [0.15, 0.2) is 5.13 Å². The lowest BCUT2D eigenvalue weighted by Gasteiger charge is -2.36. The molecule has 166 valence electrons. The average molecular weight is 451 g/mol. The number of piperazine rings is 1. The zero-order chi connectivity index (χ0) is 22.3. The molecule has 2 amide bonds. The minimum Gasteiger partial charge on any atom is -0.497 e. The zero-order valence-electron chi connectivity index (χ0n) is 18.0. The van der Waals surface area contributed by atoms with Crippen molar-refractivity contribution in [2.24, 2.45) is 0 Å². The topological polar surface area (TPSA) is 74.8 Å². The van der Waals surface area contributed by atoms with Gasteiger partial charge in [0.2, 0.25) is 11.8 Å². The molecule has 2 heterocycles. The van der Waals surface area contributed by atoms with Gasteiger partial charge in [-0.1, -0.05) is 36.4 Å². The first-order chi connectivity index (χ1) is 15.6. The Morgan fingerprint density at radius 2 is 1.81 bits per heavy atom. The number of benzene rings is 2. The number of hydrogen-bond acceptors (Lipinski definition) is 6. The number of hydrogen-bond donors (Lipinski definition) is 1. The van der Waals surface area contributed by atoms with Crippen molar-refractivity contribution in [3.63, 3.8) is 0 Å². The molecule has 1 N–H and O–H groups in total. The summed E-state index contributed by atoms with van der Waals surface area (Å²) in [6.45, 7) is 2.88. The molecule has 1 saturated heterocycles. The first-order valence-corrected chi connectivity index (χ1v) is 11.4. The summed E-state index contributed by atoms with van der Waals surface area (Å²) in [5.74, 6) is 0.774. The summed E-state index contributed by atoms with van der Waals surface area (Å²) in [4.78, 5) is 33.5. The van der Waals surface area contributed by atoms with E-state index >= 15 is 0 Å². The van der Waals surface area contributed by atoms with E-state index < -0.39 is 0 Å². The van der Waals surface area contributed by atoms with Crippen molar-refractivity contribution in [1.29, 1.82) is 0 Å². The second-order valence-electron chi connectivity index (χ2n) is 7.60. The number of amides is 2. The van der Waals surface area contributed by atoms with Crippen LogP contribution in [0.5, 0.6) is 5.75 Å². The number of ether oxygens (including phenoxy) is 1. The smallest absolute Gasteiger partial charge is 0.230 e. The van der Waals surface area contributed by atoms with Crippen LogP contribution in [-0.2, 0) is 22.4 Å². The number of thiazole rings is 1. The molecule has 8 heteroatoms. The lowest BCUT2D eigenvalue weighted by molar-refractivity contribution is -0.130. The second-order valence-corrected chi connectivity index (χ2v) is 8.46. The third kappa shape index (κ3) is 5.64. The van der Waals surface area contributed by atoms with Crippen LogP contribution in [0.1, 0.15) is 11.3 Å². The molecule has 1 fully saturated rings. The molecular formula is C24H26N4O3S. The molecule has 0 aliphatic carbocycles. The quantitative estimate of drug-likeness (QED) is 0.598. The van der Waals surface area contributed by atoms with Crippen molar-refractivity contribution >= 4 is 34.0 Å². The van der Waals surface area contributed by atoms with Crippen molar-refractivity contribution < 1.29 is 14.3 Å². The van der Waals surface area contributed by atoms with Crippen LogP contribution in [0.15, 0.2) is 60.0 Å². The molecule has 0 unspecified atom stereocenters. The van der Waals surface area contributed by atoms with E-state index in [0.29, 0.717) is 30.3 Å². The lowest BCUT2D eigenvalue weighted by atomic mass is 10.1. The molecule has 3 aromatic rings. The number of carbonyl (C=O) groups excluding carboxylic acids is 2. The predicted octanol–water partition coefficient (Wildman–Crippen LogP) is 3.22. The largest absolute Gasteiger partial charge is 0.497 e. The molecule has 7 nitrogen and oxygen atoms in total. The van der Waals surface area contributed by atoms with E-state index in [2.05, 4.69) is 21.3 Å². The molecule has 0 bridgehead atoms. The highest BCUT2D eigenvalue weighted by Gasteiger charge is 2.22. The van der Waals surface area contributed by atoms with Gasteiger partial charge in [0.05, 0.1) is 25.6 Å². The summed E-state index contributed by atoms with van der Waals surface area (Å²) in [6, 6.07) is 17.5. The average Bonchev–Trinajstić information content (AvgIpc) is 3.26. The first kappa shape index (κ1) is 21.8. The van der Waals surface area contributed by atoms with Crippen LogP contribution in [0.2, 0.25) is 0 Å². The molecule has 4 rings (SSSR count). The van der Waals surface area contributed by atoms with Crippen LogP contribution in [0.3, 0.4) is 0 Å². The van der Waals surface area contributed by atoms with Crippen molar-refractivity contribution in [3.8, 4) is 5.75 Å². The molecule has 0 saturated carbocycles. The minimum absolute atomic E-state index is 0.0581. The summed E-state index contributed by atoms with van der Waals surface area (Å²) < 4.78 is 5.30. The minimum atomic E-state index is -0.114. The van der Waals surface area contributed by atoms with Crippen molar-refractivity contribution in [2.45, 2.75) is 12.8 Å². The van der Waals surface area contributed by atoms with Crippen LogP contribution in [0, 0.1) is 0 Å². The maximum atomic E-state index is 12.7. The number of rotatable bonds is 7. The van der Waals surface area contributed by atoms with Gasteiger partial charge in [-0.2, -0.15) is 0 Å².